The van der Waals surface area contributed by atoms with Crippen molar-refractivity contribution in [2.75, 3.05) is 19.7 Å². The van der Waals surface area contributed by atoms with Gasteiger partial charge in [-0.05, 0) is 18.9 Å². The van der Waals surface area contributed by atoms with Crippen LogP contribution in [0.3, 0.4) is 0 Å². The Morgan fingerprint density at radius 1 is 1.36 bits per heavy atom. The van der Waals surface area contributed by atoms with E-state index in [-0.39, 0.29) is 18.6 Å². The summed E-state index contributed by atoms with van der Waals surface area (Å²) in [6.45, 7) is 5.67. The molecule has 1 N–H and O–H groups in total. The zero-order valence-corrected chi connectivity index (χ0v) is 14.5. The van der Waals surface area contributed by atoms with Crippen LogP contribution in [0.2, 0.25) is 0 Å². The lowest BCUT2D eigenvalue weighted by Crippen LogP contribution is -2.66. The van der Waals surface area contributed by atoms with E-state index in [2.05, 4.69) is 45.0 Å². The molecule has 0 saturated carbocycles. The highest BCUT2D eigenvalue weighted by molar-refractivity contribution is 5.79. The number of amides is 1. The molecule has 2 saturated heterocycles. The van der Waals surface area contributed by atoms with Crippen LogP contribution in [0.4, 0.5) is 0 Å². The summed E-state index contributed by atoms with van der Waals surface area (Å²) in [5.41, 5.74) is 1.78. The Bertz CT molecular complexity index is 745. The predicted molar refractivity (Wildman–Crippen MR) is 93.8 cm³/mol. The van der Waals surface area contributed by atoms with E-state index in [4.69, 9.17) is 4.74 Å². The number of carbonyl (C=O) groups is 1. The van der Waals surface area contributed by atoms with Crippen molar-refractivity contribution in [3.05, 3.63) is 54.1 Å². The van der Waals surface area contributed by atoms with E-state index in [9.17, 15) is 4.79 Å². The number of fused-ring (bicyclic) bond motifs is 1. The first-order chi connectivity index (χ1) is 12.2. The van der Waals surface area contributed by atoms with Crippen LogP contribution in [0.1, 0.15) is 24.6 Å². The first-order valence-electron chi connectivity index (χ1n) is 8.91. The number of carbonyl (C=O) groups excluding carboxylic acids is 1. The minimum atomic E-state index is -0.421. The number of morpholine rings is 1. The second kappa shape index (κ2) is 6.61. The maximum absolute atomic E-state index is 12.0. The zero-order chi connectivity index (χ0) is 17.3. The van der Waals surface area contributed by atoms with Crippen molar-refractivity contribution in [2.45, 2.75) is 38.1 Å². The second-order valence-electron chi connectivity index (χ2n) is 6.87. The Balaban J connectivity index is 1.54. The first kappa shape index (κ1) is 16.3. The highest BCUT2D eigenvalue weighted by atomic mass is 16.5. The molecule has 2 aromatic rings. The molecule has 0 spiro atoms. The van der Waals surface area contributed by atoms with Crippen LogP contribution in [0.15, 0.2) is 42.9 Å². The molecule has 6 nitrogen and oxygen atoms in total. The summed E-state index contributed by atoms with van der Waals surface area (Å²) in [5.74, 6) is -0.0322. The molecule has 1 aromatic carbocycles. The number of benzene rings is 1. The van der Waals surface area contributed by atoms with Crippen LogP contribution >= 0.6 is 0 Å². The highest BCUT2D eigenvalue weighted by Gasteiger charge is 2.48. The maximum Gasteiger partial charge on any atom is 0.246 e. The summed E-state index contributed by atoms with van der Waals surface area (Å²) in [4.78, 5) is 18.9. The van der Waals surface area contributed by atoms with Crippen molar-refractivity contribution in [3.63, 3.8) is 0 Å². The van der Waals surface area contributed by atoms with Gasteiger partial charge in [0.2, 0.25) is 5.91 Å². The van der Waals surface area contributed by atoms with Gasteiger partial charge in [0.05, 0.1) is 23.7 Å². The third-order valence-corrected chi connectivity index (χ3v) is 5.30. The van der Waals surface area contributed by atoms with E-state index >= 15 is 0 Å². The Kier molecular flexibility index (Phi) is 4.31. The Hall–Kier alpha value is -2.18. The summed E-state index contributed by atoms with van der Waals surface area (Å²) in [6.07, 6.45) is 4.77. The number of piperidine rings is 1. The lowest BCUT2D eigenvalue weighted by Gasteiger charge is -2.50. The summed E-state index contributed by atoms with van der Waals surface area (Å²) >= 11 is 0. The van der Waals surface area contributed by atoms with Gasteiger partial charge >= 0.3 is 0 Å². The van der Waals surface area contributed by atoms with Crippen LogP contribution < -0.4 is 5.32 Å². The first-order valence-corrected chi connectivity index (χ1v) is 8.91. The number of ether oxygens (including phenoxy) is 1. The average molecular weight is 340 g/mol. The number of aryl methyl sites for hydroxylation is 1. The van der Waals surface area contributed by atoms with Gasteiger partial charge in [-0.2, -0.15) is 0 Å². The van der Waals surface area contributed by atoms with E-state index < -0.39 is 5.54 Å². The van der Waals surface area contributed by atoms with E-state index in [0.717, 1.165) is 43.9 Å². The van der Waals surface area contributed by atoms with Crippen LogP contribution in [-0.4, -0.2) is 46.2 Å². The van der Waals surface area contributed by atoms with Gasteiger partial charge in [-0.3, -0.25) is 9.69 Å². The summed E-state index contributed by atoms with van der Waals surface area (Å²) in [5, 5.41) is 3.24. The SMILES string of the molecule is CCn1cnc(CN2CC[C@@]3(c4ccccc4)NC(=O)CO[C@@H]3C2)c1. The molecule has 1 amide bonds. The van der Waals surface area contributed by atoms with Crippen molar-refractivity contribution < 1.29 is 9.53 Å². The number of imidazole rings is 1. The third-order valence-electron chi connectivity index (χ3n) is 5.30. The quantitative estimate of drug-likeness (QED) is 0.917. The van der Waals surface area contributed by atoms with Gasteiger partial charge in [0.1, 0.15) is 6.61 Å². The van der Waals surface area contributed by atoms with Gasteiger partial charge in [0.15, 0.2) is 0 Å². The molecule has 132 valence electrons. The van der Waals surface area contributed by atoms with Gasteiger partial charge in [-0.1, -0.05) is 30.3 Å². The van der Waals surface area contributed by atoms with Gasteiger partial charge in [-0.25, -0.2) is 4.98 Å². The van der Waals surface area contributed by atoms with Crippen molar-refractivity contribution in [2.24, 2.45) is 0 Å². The molecule has 0 unspecified atom stereocenters. The van der Waals surface area contributed by atoms with Crippen LogP contribution in [0.25, 0.3) is 0 Å². The monoisotopic (exact) mass is 340 g/mol. The molecule has 3 heterocycles. The fourth-order valence-corrected chi connectivity index (χ4v) is 3.95. The fourth-order valence-electron chi connectivity index (χ4n) is 3.95. The van der Waals surface area contributed by atoms with Crippen LogP contribution in [0, 0.1) is 0 Å². The molecule has 0 bridgehead atoms. The zero-order valence-electron chi connectivity index (χ0n) is 14.5. The number of nitrogens with zero attached hydrogens (tertiary/aromatic N) is 3. The number of hydrogen-bond acceptors (Lipinski definition) is 4. The number of nitrogens with one attached hydrogen (secondary N) is 1. The van der Waals surface area contributed by atoms with Gasteiger partial charge in [0.25, 0.3) is 0 Å². The smallest absolute Gasteiger partial charge is 0.246 e. The summed E-state index contributed by atoms with van der Waals surface area (Å²) in [7, 11) is 0. The normalized spacial score (nSPS) is 26.9. The molecular weight excluding hydrogens is 316 g/mol. The molecule has 0 radical (unpaired) electrons. The van der Waals surface area contributed by atoms with Gasteiger partial charge in [0, 0.05) is 32.4 Å². The Morgan fingerprint density at radius 3 is 2.96 bits per heavy atom. The maximum atomic E-state index is 12.0. The minimum Gasteiger partial charge on any atom is -0.364 e. The van der Waals surface area contributed by atoms with Crippen molar-refractivity contribution in [1.82, 2.24) is 19.8 Å². The highest BCUT2D eigenvalue weighted by Crippen LogP contribution is 2.37. The second-order valence-corrected chi connectivity index (χ2v) is 6.87. The van der Waals surface area contributed by atoms with Crippen molar-refractivity contribution in [3.8, 4) is 0 Å². The molecule has 6 heteroatoms. The van der Waals surface area contributed by atoms with E-state index in [1.165, 1.54) is 0 Å². The van der Waals surface area contributed by atoms with Crippen LogP contribution in [0.5, 0.6) is 0 Å². The Labute approximate surface area is 147 Å². The van der Waals surface area contributed by atoms with Gasteiger partial charge < -0.3 is 14.6 Å². The molecular formula is C19H24N4O2. The van der Waals surface area contributed by atoms with E-state index in [1.54, 1.807) is 0 Å². The fraction of sp³-hybridized carbons (Fsp3) is 0.474. The average Bonchev–Trinajstić information content (AvgIpc) is 3.10. The molecule has 2 fully saturated rings. The van der Waals surface area contributed by atoms with Crippen LogP contribution in [-0.2, 0) is 28.2 Å². The van der Waals surface area contributed by atoms with Crippen molar-refractivity contribution in [1.29, 1.82) is 0 Å². The molecule has 2 atom stereocenters. The largest absolute Gasteiger partial charge is 0.364 e. The molecule has 1 aromatic heterocycles. The molecule has 2 aliphatic rings. The number of likely N-dealkylation sites (tertiary alicyclic amines) is 1. The molecule has 2 aliphatic heterocycles. The standard InChI is InChI=1S/C19H24N4O2/c1-2-22-10-16(20-14-22)11-23-9-8-19(15-6-4-3-5-7-15)17(12-23)25-13-18(24)21-19/h3-7,10,14,17H,2,8-9,11-13H2,1H3,(H,21,24)/t17-,19+/m1/s1. The van der Waals surface area contributed by atoms with Gasteiger partial charge in [-0.15, -0.1) is 0 Å². The van der Waals surface area contributed by atoms with E-state index in [0.29, 0.717) is 0 Å². The number of rotatable bonds is 4. The summed E-state index contributed by atoms with van der Waals surface area (Å²) < 4.78 is 8.06. The predicted octanol–water partition coefficient (Wildman–Crippen LogP) is 1.52. The number of aromatic nitrogens is 2. The van der Waals surface area contributed by atoms with E-state index in [1.807, 2.05) is 24.5 Å². The lowest BCUT2D eigenvalue weighted by molar-refractivity contribution is -0.152. The molecule has 0 aliphatic carbocycles. The van der Waals surface area contributed by atoms with Crippen molar-refractivity contribution >= 4 is 5.91 Å². The molecule has 4 rings (SSSR count). The summed E-state index contributed by atoms with van der Waals surface area (Å²) in [6, 6.07) is 10.2. The minimum absolute atomic E-state index is 0.0322. The third kappa shape index (κ3) is 3.07. The Morgan fingerprint density at radius 2 is 2.20 bits per heavy atom. The lowest BCUT2D eigenvalue weighted by atomic mass is 9.77. The topological polar surface area (TPSA) is 59.4 Å². The molecule has 25 heavy (non-hydrogen) atoms. The number of hydrogen-bond donors (Lipinski definition) is 1.